The summed E-state index contributed by atoms with van der Waals surface area (Å²) in [5, 5.41) is 21.0. The Bertz CT molecular complexity index is 2820. The zero-order valence-corrected chi connectivity index (χ0v) is 36.3. The molecule has 4 aromatic carbocycles. The van der Waals surface area contributed by atoms with Gasteiger partial charge in [-0.3, -0.25) is 29.5 Å². The van der Waals surface area contributed by atoms with Gasteiger partial charge in [0.2, 0.25) is 11.8 Å². The highest BCUT2D eigenvalue weighted by molar-refractivity contribution is 6.33. The SMILES string of the molecule is COc1cccc([C@H]2C3=CC[C@@H]4C(=O)N(c5ccc(N=Nc6ccc(N(C)C)cc6)cc5)C(=O)[C@@H]4[C@@H]3C[C@H]3C(=O)N(Nc4ncc(C(F)(F)F)cc4Cl)C(=O)[C@@]23c2ccc(Cl)cc2)c1O. The number of pyridine rings is 1. The van der Waals surface area contributed by atoms with E-state index in [2.05, 4.69) is 20.6 Å². The molecule has 6 atom stereocenters. The molecule has 13 nitrogen and oxygen atoms in total. The minimum absolute atomic E-state index is 0.0673. The standard InChI is InChI=1S/C47H38Cl2F3N7O6/c1-57(2)29-15-11-27(12-16-29)54-55-28-13-17-30(18-14-28)58-42(61)32-20-19-31-34(38(32)44(58)63)22-35-43(62)59(56-41-36(49)21-25(23-53-41)47(50,51)52)45(64)46(35,24-7-9-26(48)10-8-24)39(31)33-5-4-6-37(65-3)40(33)60/h4-19,21,23,32,34-35,38-39,60H,20,22H2,1-3H3,(H,53,56)/t32-,34+,35-,38-,39+,46+/m0/s1. The first-order chi connectivity index (χ1) is 31.0. The summed E-state index contributed by atoms with van der Waals surface area (Å²) in [5.41, 5.74) is 3.07. The molecule has 0 radical (unpaired) electrons. The number of hydrazine groups is 1. The lowest BCUT2D eigenvalue weighted by Gasteiger charge is -2.50. The number of nitrogens with one attached hydrogen (secondary N) is 1. The summed E-state index contributed by atoms with van der Waals surface area (Å²) < 4.78 is 46.3. The fourth-order valence-electron chi connectivity index (χ4n) is 9.92. The molecule has 3 heterocycles. The maximum atomic E-state index is 15.5. The number of hydrogen-bond acceptors (Lipinski definition) is 11. The third-order valence-corrected chi connectivity index (χ3v) is 13.4. The van der Waals surface area contributed by atoms with Gasteiger partial charge in [-0.05, 0) is 97.1 Å². The molecule has 2 aliphatic carbocycles. The molecule has 18 heteroatoms. The summed E-state index contributed by atoms with van der Waals surface area (Å²) >= 11 is 12.7. The first kappa shape index (κ1) is 43.5. The van der Waals surface area contributed by atoms with Gasteiger partial charge in [-0.15, -0.1) is 0 Å². The van der Waals surface area contributed by atoms with Gasteiger partial charge in [0.1, 0.15) is 0 Å². The summed E-state index contributed by atoms with van der Waals surface area (Å²) in [4.78, 5) is 66.6. The number of allylic oxidation sites excluding steroid dienone is 2. The van der Waals surface area contributed by atoms with E-state index in [0.29, 0.717) is 50.5 Å². The number of amides is 4. The van der Waals surface area contributed by atoms with Gasteiger partial charge in [-0.25, -0.2) is 4.98 Å². The number of hydrogen-bond donors (Lipinski definition) is 2. The van der Waals surface area contributed by atoms with Crippen LogP contribution in [0.25, 0.3) is 0 Å². The van der Waals surface area contributed by atoms with Crippen LogP contribution in [0.2, 0.25) is 10.0 Å². The Morgan fingerprint density at radius 1 is 0.877 bits per heavy atom. The van der Waals surface area contributed by atoms with E-state index in [9.17, 15) is 27.9 Å². The number of anilines is 3. The van der Waals surface area contributed by atoms with E-state index in [1.54, 1.807) is 60.7 Å². The van der Waals surface area contributed by atoms with Crippen LogP contribution in [0.3, 0.4) is 0 Å². The number of ether oxygens (including phenoxy) is 1. The minimum atomic E-state index is -4.78. The highest BCUT2D eigenvalue weighted by Gasteiger charge is 2.71. The number of carbonyl (C=O) groups is 4. The van der Waals surface area contributed by atoms with Gasteiger partial charge in [-0.2, -0.15) is 28.4 Å². The monoisotopic (exact) mass is 923 g/mol. The number of alkyl halides is 3. The second kappa shape index (κ2) is 16.3. The first-order valence-electron chi connectivity index (χ1n) is 20.4. The van der Waals surface area contributed by atoms with Crippen molar-refractivity contribution in [2.45, 2.75) is 30.4 Å². The van der Waals surface area contributed by atoms with Crippen molar-refractivity contribution < 1.29 is 42.2 Å². The third-order valence-electron chi connectivity index (χ3n) is 12.9. The molecule has 2 N–H and O–H groups in total. The quantitative estimate of drug-likeness (QED) is 0.0835. The molecule has 2 saturated heterocycles. The Kier molecular flexibility index (Phi) is 10.9. The van der Waals surface area contributed by atoms with Gasteiger partial charge >= 0.3 is 6.18 Å². The number of nitrogens with zero attached hydrogens (tertiary/aromatic N) is 6. The molecule has 4 amide bonds. The molecule has 9 rings (SSSR count). The number of fused-ring (bicyclic) bond motifs is 4. The molecule has 0 bridgehead atoms. The molecule has 2 aliphatic heterocycles. The molecule has 3 fully saturated rings. The minimum Gasteiger partial charge on any atom is -0.504 e. The Hall–Kier alpha value is -6.78. The number of imide groups is 2. The van der Waals surface area contributed by atoms with Gasteiger partial charge in [0, 0.05) is 42.5 Å². The number of carbonyl (C=O) groups excluding carboxylic acids is 4. The first-order valence-corrected chi connectivity index (χ1v) is 21.2. The predicted octanol–water partition coefficient (Wildman–Crippen LogP) is 9.79. The second-order valence-corrected chi connectivity index (χ2v) is 17.3. The largest absolute Gasteiger partial charge is 0.504 e. The summed E-state index contributed by atoms with van der Waals surface area (Å²) in [5.74, 6) is -8.32. The van der Waals surface area contributed by atoms with Crippen molar-refractivity contribution in [2.24, 2.45) is 33.9 Å². The van der Waals surface area contributed by atoms with Gasteiger partial charge in [0.25, 0.3) is 11.8 Å². The molecule has 1 aromatic heterocycles. The van der Waals surface area contributed by atoms with Crippen molar-refractivity contribution in [1.29, 1.82) is 0 Å². The van der Waals surface area contributed by atoms with Gasteiger partial charge in [-0.1, -0.05) is 59.1 Å². The number of aromatic hydroxyl groups is 1. The summed E-state index contributed by atoms with van der Waals surface area (Å²) in [6, 6.07) is 25.7. The highest BCUT2D eigenvalue weighted by atomic mass is 35.5. The molecular weight excluding hydrogens is 886 g/mol. The maximum absolute atomic E-state index is 15.5. The Morgan fingerprint density at radius 3 is 2.15 bits per heavy atom. The number of benzene rings is 4. The van der Waals surface area contributed by atoms with E-state index >= 15 is 9.59 Å². The fourth-order valence-corrected chi connectivity index (χ4v) is 10.3. The van der Waals surface area contributed by atoms with E-state index in [1.165, 1.54) is 13.2 Å². The molecule has 0 unspecified atom stereocenters. The lowest BCUT2D eigenvalue weighted by atomic mass is 9.49. The van der Waals surface area contributed by atoms with Crippen molar-refractivity contribution in [3.8, 4) is 11.5 Å². The maximum Gasteiger partial charge on any atom is 0.417 e. The molecule has 0 spiro atoms. The average Bonchev–Trinajstić information content (AvgIpc) is 3.67. The fraction of sp³-hybridized carbons (Fsp3) is 0.255. The number of phenols is 1. The topological polar surface area (TPSA) is 157 Å². The van der Waals surface area contributed by atoms with E-state index in [1.807, 2.05) is 49.3 Å². The average molecular weight is 925 g/mol. The van der Waals surface area contributed by atoms with Crippen LogP contribution in [0.4, 0.5) is 41.7 Å². The lowest BCUT2D eigenvalue weighted by molar-refractivity contribution is -0.139. The molecule has 332 valence electrons. The predicted molar refractivity (Wildman–Crippen MR) is 235 cm³/mol. The molecular formula is C47H38Cl2F3N7O6. The van der Waals surface area contributed by atoms with E-state index in [0.717, 1.165) is 10.6 Å². The number of phenolic OH excluding ortho intramolecular Hbond substituents is 1. The zero-order chi connectivity index (χ0) is 46.1. The van der Waals surface area contributed by atoms with Crippen LogP contribution < -0.4 is 20.0 Å². The lowest BCUT2D eigenvalue weighted by Crippen LogP contribution is -2.53. The third kappa shape index (κ3) is 7.15. The van der Waals surface area contributed by atoms with Crippen LogP contribution in [0.15, 0.2) is 125 Å². The van der Waals surface area contributed by atoms with Crippen molar-refractivity contribution >= 4 is 75.4 Å². The van der Waals surface area contributed by atoms with E-state index in [4.69, 9.17) is 27.9 Å². The van der Waals surface area contributed by atoms with Gasteiger partial charge < -0.3 is 14.7 Å². The van der Waals surface area contributed by atoms with Crippen molar-refractivity contribution in [3.05, 3.63) is 142 Å². The summed E-state index contributed by atoms with van der Waals surface area (Å²) in [6.07, 6.45) is -2.46. The Morgan fingerprint density at radius 2 is 1.54 bits per heavy atom. The Labute approximate surface area is 380 Å². The molecule has 5 aromatic rings. The molecule has 1 saturated carbocycles. The number of methoxy groups -OCH3 is 1. The van der Waals surface area contributed by atoms with Crippen LogP contribution in [-0.4, -0.2) is 59.9 Å². The number of para-hydroxylation sites is 1. The smallest absolute Gasteiger partial charge is 0.417 e. The van der Waals surface area contributed by atoms with Gasteiger partial charge in [0.15, 0.2) is 17.3 Å². The number of azo groups is 1. The van der Waals surface area contributed by atoms with E-state index in [-0.39, 0.29) is 29.9 Å². The van der Waals surface area contributed by atoms with Crippen LogP contribution in [0.5, 0.6) is 11.5 Å². The number of rotatable bonds is 9. The Balaban J connectivity index is 1.12. The van der Waals surface area contributed by atoms with Crippen molar-refractivity contribution in [2.75, 3.05) is 36.4 Å². The highest BCUT2D eigenvalue weighted by Crippen LogP contribution is 2.65. The van der Waals surface area contributed by atoms with Gasteiger partial charge in [0.05, 0.1) is 57.9 Å². The van der Waals surface area contributed by atoms with Crippen molar-refractivity contribution in [1.82, 2.24) is 9.99 Å². The van der Waals surface area contributed by atoms with Crippen LogP contribution in [-0.2, 0) is 30.8 Å². The van der Waals surface area contributed by atoms with E-state index < -0.39 is 81.2 Å². The summed E-state index contributed by atoms with van der Waals surface area (Å²) in [7, 11) is 5.23. The van der Waals surface area contributed by atoms with Crippen LogP contribution in [0.1, 0.15) is 35.4 Å². The molecule has 65 heavy (non-hydrogen) atoms. The normalized spacial score (nSPS) is 23.9. The van der Waals surface area contributed by atoms with Crippen molar-refractivity contribution in [3.63, 3.8) is 0 Å². The second-order valence-electron chi connectivity index (χ2n) is 16.5. The number of aromatic nitrogens is 1. The van der Waals surface area contributed by atoms with Crippen LogP contribution in [0, 0.1) is 23.7 Å². The summed E-state index contributed by atoms with van der Waals surface area (Å²) in [6.45, 7) is 0. The van der Waals surface area contributed by atoms with Crippen LogP contribution >= 0.6 is 23.2 Å². The number of halogens is 5. The molecule has 4 aliphatic rings. The zero-order valence-electron chi connectivity index (χ0n) is 34.8.